The first-order valence-corrected chi connectivity index (χ1v) is 10.5. The zero-order valence-corrected chi connectivity index (χ0v) is 21.3. The van der Waals surface area contributed by atoms with E-state index in [-0.39, 0.29) is 47.9 Å². The number of amides is 1. The number of hydrogen-bond acceptors (Lipinski definition) is 4. The minimum Gasteiger partial charge on any atom is -0.490 e. The molecule has 33 heavy (non-hydrogen) atoms. The highest BCUT2D eigenvalue weighted by molar-refractivity contribution is 14.0. The molecule has 0 spiro atoms. The number of nitrogens with one attached hydrogen (secondary N) is 3. The van der Waals surface area contributed by atoms with Gasteiger partial charge in [0.05, 0.1) is 13.2 Å². The number of anilines is 1. The van der Waals surface area contributed by atoms with E-state index in [4.69, 9.17) is 9.47 Å². The van der Waals surface area contributed by atoms with Crippen LogP contribution in [0.2, 0.25) is 0 Å². The molecule has 182 valence electrons. The highest BCUT2D eigenvalue weighted by Gasteiger charge is 2.15. The molecule has 0 aliphatic rings. The number of halogens is 3. The zero-order valence-electron chi connectivity index (χ0n) is 19.0. The average Bonchev–Trinajstić information content (AvgIpc) is 2.74. The Morgan fingerprint density at radius 3 is 2.42 bits per heavy atom. The largest absolute Gasteiger partial charge is 0.490 e. The molecule has 2 aromatic carbocycles. The Labute approximate surface area is 210 Å². The lowest BCUT2D eigenvalue weighted by atomic mass is 10.1. The number of benzene rings is 2. The van der Waals surface area contributed by atoms with Crippen molar-refractivity contribution in [3.8, 4) is 11.5 Å². The van der Waals surface area contributed by atoms with E-state index in [1.54, 1.807) is 25.1 Å². The molecule has 0 aromatic heterocycles. The third-order valence-corrected chi connectivity index (χ3v) is 4.30. The number of carbonyl (C=O) groups is 1. The molecule has 0 fully saturated rings. The second-order valence-corrected chi connectivity index (χ2v) is 6.81. The summed E-state index contributed by atoms with van der Waals surface area (Å²) in [5.74, 6) is 0.719. The van der Waals surface area contributed by atoms with Crippen LogP contribution in [-0.2, 0) is 17.8 Å². The summed E-state index contributed by atoms with van der Waals surface area (Å²) in [5.41, 5.74) is 2.35. The topological polar surface area (TPSA) is 84.0 Å². The standard InChI is InChI=1S/C23H30F2N4O3.HI/c1-4-26-23(27-14-13-17-9-11-19(12-10-17)29-16(3)30)28-15-18-7-6-8-20(31-5-2)21(18)32-22(24)25;/h6-12,22H,4-5,13-15H2,1-3H3,(H,29,30)(H2,26,27,28);1H. The van der Waals surface area contributed by atoms with Crippen molar-refractivity contribution in [2.75, 3.05) is 25.0 Å². The van der Waals surface area contributed by atoms with Crippen LogP contribution in [0.4, 0.5) is 14.5 Å². The van der Waals surface area contributed by atoms with Gasteiger partial charge in [0.1, 0.15) is 0 Å². The number of rotatable bonds is 11. The number of carbonyl (C=O) groups excluding carboxylic acids is 1. The molecule has 0 saturated carbocycles. The van der Waals surface area contributed by atoms with Crippen LogP contribution in [0.3, 0.4) is 0 Å². The fraction of sp³-hybridized carbons (Fsp3) is 0.391. The molecule has 7 nitrogen and oxygen atoms in total. The lowest BCUT2D eigenvalue weighted by Crippen LogP contribution is -2.38. The maximum absolute atomic E-state index is 12.9. The first-order valence-electron chi connectivity index (χ1n) is 10.5. The molecule has 0 aliphatic heterocycles. The Morgan fingerprint density at radius 1 is 1.09 bits per heavy atom. The average molecular weight is 576 g/mol. The molecule has 0 radical (unpaired) electrons. The normalized spacial score (nSPS) is 10.9. The first kappa shape index (κ1) is 28.4. The molecular weight excluding hydrogens is 545 g/mol. The molecule has 0 saturated heterocycles. The second kappa shape index (κ2) is 15.3. The van der Waals surface area contributed by atoms with Gasteiger partial charge >= 0.3 is 6.61 Å². The van der Waals surface area contributed by atoms with E-state index in [9.17, 15) is 13.6 Å². The quantitative estimate of drug-likeness (QED) is 0.208. The summed E-state index contributed by atoms with van der Waals surface area (Å²) in [6.45, 7) is 3.97. The molecule has 3 N–H and O–H groups in total. The van der Waals surface area contributed by atoms with Crippen LogP contribution in [0.25, 0.3) is 0 Å². The summed E-state index contributed by atoms with van der Waals surface area (Å²) >= 11 is 0. The fourth-order valence-electron chi connectivity index (χ4n) is 2.97. The maximum atomic E-state index is 12.9. The van der Waals surface area contributed by atoms with Gasteiger partial charge in [-0.1, -0.05) is 24.3 Å². The number of para-hydroxylation sites is 1. The lowest BCUT2D eigenvalue weighted by Gasteiger charge is -2.15. The smallest absolute Gasteiger partial charge is 0.387 e. The van der Waals surface area contributed by atoms with Crippen molar-refractivity contribution in [3.63, 3.8) is 0 Å². The number of guanidine groups is 1. The van der Waals surface area contributed by atoms with Crippen molar-refractivity contribution in [2.45, 2.75) is 40.3 Å². The molecule has 1 amide bonds. The van der Waals surface area contributed by atoms with E-state index < -0.39 is 6.61 Å². The van der Waals surface area contributed by atoms with Gasteiger partial charge in [0.2, 0.25) is 5.91 Å². The number of alkyl halides is 2. The molecule has 2 rings (SSSR count). The van der Waals surface area contributed by atoms with Gasteiger partial charge in [-0.3, -0.25) is 4.79 Å². The summed E-state index contributed by atoms with van der Waals surface area (Å²) in [6.07, 6.45) is 0.740. The van der Waals surface area contributed by atoms with Gasteiger partial charge in [0, 0.05) is 31.3 Å². The molecule has 0 bridgehead atoms. The van der Waals surface area contributed by atoms with E-state index in [0.29, 0.717) is 31.2 Å². The SMILES string of the molecule is CCNC(=NCc1cccc(OCC)c1OC(F)F)NCCc1ccc(NC(C)=O)cc1.I. The number of aliphatic imine (C=N–C) groups is 1. The molecule has 0 unspecified atom stereocenters. The van der Waals surface area contributed by atoms with Crippen molar-refractivity contribution in [1.29, 1.82) is 0 Å². The third kappa shape index (κ3) is 10.2. The van der Waals surface area contributed by atoms with Crippen LogP contribution in [-0.4, -0.2) is 38.2 Å². The van der Waals surface area contributed by atoms with Crippen LogP contribution in [0.5, 0.6) is 11.5 Å². The summed E-state index contributed by atoms with van der Waals surface area (Å²) < 4.78 is 35.9. The van der Waals surface area contributed by atoms with Crippen LogP contribution in [0, 0.1) is 0 Å². The van der Waals surface area contributed by atoms with Crippen LogP contribution in [0.1, 0.15) is 31.9 Å². The second-order valence-electron chi connectivity index (χ2n) is 6.81. The van der Waals surface area contributed by atoms with Gasteiger partial charge in [0.15, 0.2) is 17.5 Å². The molecule has 2 aromatic rings. The van der Waals surface area contributed by atoms with Crippen molar-refractivity contribution < 1.29 is 23.0 Å². The van der Waals surface area contributed by atoms with Crippen molar-refractivity contribution in [3.05, 3.63) is 53.6 Å². The minimum absolute atomic E-state index is 0. The van der Waals surface area contributed by atoms with Crippen molar-refractivity contribution >= 4 is 41.5 Å². The highest BCUT2D eigenvalue weighted by Crippen LogP contribution is 2.33. The summed E-state index contributed by atoms with van der Waals surface area (Å²) in [4.78, 5) is 15.6. The van der Waals surface area contributed by atoms with Crippen LogP contribution in [0.15, 0.2) is 47.5 Å². The van der Waals surface area contributed by atoms with Gasteiger partial charge in [-0.05, 0) is 44.0 Å². The Balaban J connectivity index is 0.00000544. The molecular formula is C23H31F2IN4O3. The zero-order chi connectivity index (χ0) is 23.3. The Hall–Kier alpha value is -2.63. The third-order valence-electron chi connectivity index (χ3n) is 4.30. The van der Waals surface area contributed by atoms with E-state index in [2.05, 4.69) is 20.9 Å². The molecule has 0 aliphatic carbocycles. The van der Waals surface area contributed by atoms with Crippen molar-refractivity contribution in [1.82, 2.24) is 10.6 Å². The summed E-state index contributed by atoms with van der Waals surface area (Å²) in [7, 11) is 0. The Bertz CT molecular complexity index is 896. The Kier molecular flexibility index (Phi) is 13.1. The van der Waals surface area contributed by atoms with Gasteiger partial charge in [0.25, 0.3) is 0 Å². The van der Waals surface area contributed by atoms with E-state index >= 15 is 0 Å². The number of ether oxygens (including phenoxy) is 2. The molecule has 0 heterocycles. The van der Waals surface area contributed by atoms with Crippen LogP contribution < -0.4 is 25.4 Å². The fourth-order valence-corrected chi connectivity index (χ4v) is 2.97. The maximum Gasteiger partial charge on any atom is 0.387 e. The Morgan fingerprint density at radius 2 is 1.82 bits per heavy atom. The van der Waals surface area contributed by atoms with E-state index in [0.717, 1.165) is 17.7 Å². The first-order chi connectivity index (χ1) is 15.4. The van der Waals surface area contributed by atoms with E-state index in [1.807, 2.05) is 31.2 Å². The van der Waals surface area contributed by atoms with Crippen molar-refractivity contribution in [2.24, 2.45) is 4.99 Å². The summed E-state index contributed by atoms with van der Waals surface area (Å²) in [6, 6.07) is 12.6. The number of hydrogen-bond donors (Lipinski definition) is 3. The van der Waals surface area contributed by atoms with Gasteiger partial charge < -0.3 is 25.4 Å². The predicted molar refractivity (Wildman–Crippen MR) is 137 cm³/mol. The molecule has 10 heteroatoms. The van der Waals surface area contributed by atoms with Gasteiger partial charge in [-0.2, -0.15) is 8.78 Å². The monoisotopic (exact) mass is 576 g/mol. The van der Waals surface area contributed by atoms with Gasteiger partial charge in [-0.25, -0.2) is 4.99 Å². The summed E-state index contributed by atoms with van der Waals surface area (Å²) in [5, 5.41) is 9.11. The minimum atomic E-state index is -2.96. The predicted octanol–water partition coefficient (Wildman–Crippen LogP) is 4.56. The van der Waals surface area contributed by atoms with E-state index in [1.165, 1.54) is 6.92 Å². The number of nitrogens with zero attached hydrogens (tertiary/aromatic N) is 1. The van der Waals surface area contributed by atoms with Crippen LogP contribution >= 0.6 is 24.0 Å². The highest BCUT2D eigenvalue weighted by atomic mass is 127. The molecule has 0 atom stereocenters. The van der Waals surface area contributed by atoms with Gasteiger partial charge in [-0.15, -0.1) is 24.0 Å². The lowest BCUT2D eigenvalue weighted by molar-refractivity contribution is -0.114.